The number of halogens is 1. The van der Waals surface area contributed by atoms with Gasteiger partial charge in [0.05, 0.1) is 0 Å². The zero-order chi connectivity index (χ0) is 8.97. The van der Waals surface area contributed by atoms with Gasteiger partial charge in [0.25, 0.3) is 0 Å². The molecule has 0 unspecified atom stereocenters. The van der Waals surface area contributed by atoms with Gasteiger partial charge in [-0.2, -0.15) is 0 Å². The van der Waals surface area contributed by atoms with Gasteiger partial charge in [0.2, 0.25) is 6.54 Å². The fourth-order valence-corrected chi connectivity index (χ4v) is 1.40. The quantitative estimate of drug-likeness (QED) is 0.590. The Morgan fingerprint density at radius 3 is 2.67 bits per heavy atom. The van der Waals surface area contributed by atoms with Gasteiger partial charge in [-0.15, -0.1) is 0 Å². The summed E-state index contributed by atoms with van der Waals surface area (Å²) in [5, 5.41) is 10.1. The molecule has 0 saturated heterocycles. The van der Waals surface area contributed by atoms with Gasteiger partial charge in [-0.25, -0.2) is 0 Å². The van der Waals surface area contributed by atoms with Gasteiger partial charge in [-0.05, 0) is 11.6 Å². The molecule has 64 valence electrons. The Morgan fingerprint density at radius 1 is 1.42 bits per heavy atom. The highest BCUT2D eigenvalue weighted by atomic mass is 79.9. The number of benzene rings is 1. The predicted octanol–water partition coefficient (Wildman–Crippen LogP) is 2.27. The lowest BCUT2D eigenvalue weighted by Gasteiger charge is -1.99. The summed E-state index contributed by atoms with van der Waals surface area (Å²) in [4.78, 5) is 9.77. The van der Waals surface area contributed by atoms with Crippen LogP contribution in [0, 0.1) is 10.1 Å². The smallest absolute Gasteiger partial charge is 0.207 e. The molecule has 1 aromatic carbocycles. The maximum absolute atomic E-state index is 10.1. The summed E-state index contributed by atoms with van der Waals surface area (Å²) in [6.07, 6.45) is 0.481. The third kappa shape index (κ3) is 2.62. The fourth-order valence-electron chi connectivity index (χ4n) is 0.913. The van der Waals surface area contributed by atoms with Gasteiger partial charge < -0.3 is 0 Å². The van der Waals surface area contributed by atoms with E-state index in [4.69, 9.17) is 0 Å². The van der Waals surface area contributed by atoms with Crippen LogP contribution in [-0.2, 0) is 6.42 Å². The first-order valence-electron chi connectivity index (χ1n) is 3.55. The SMILES string of the molecule is O=[N+]([O-])CCc1ccccc1Br. The van der Waals surface area contributed by atoms with Crippen LogP contribution in [0.25, 0.3) is 0 Å². The van der Waals surface area contributed by atoms with Crippen molar-refractivity contribution in [3.63, 3.8) is 0 Å². The molecule has 1 rings (SSSR count). The number of nitro groups is 1. The Bertz CT molecular complexity index is 288. The predicted molar refractivity (Wildman–Crippen MR) is 49.7 cm³/mol. The minimum Gasteiger partial charge on any atom is -0.265 e. The normalized spacial score (nSPS) is 9.75. The van der Waals surface area contributed by atoms with E-state index in [-0.39, 0.29) is 11.5 Å². The fraction of sp³-hybridized carbons (Fsp3) is 0.250. The minimum atomic E-state index is -0.306. The van der Waals surface area contributed by atoms with Crippen molar-refractivity contribution in [2.24, 2.45) is 0 Å². The second-order valence-corrected chi connectivity index (χ2v) is 3.25. The van der Waals surface area contributed by atoms with Gasteiger partial charge in [-0.3, -0.25) is 10.1 Å². The van der Waals surface area contributed by atoms with Crippen LogP contribution in [0.1, 0.15) is 5.56 Å². The van der Waals surface area contributed by atoms with Crippen molar-refractivity contribution in [2.45, 2.75) is 6.42 Å². The van der Waals surface area contributed by atoms with Crippen LogP contribution >= 0.6 is 15.9 Å². The first-order valence-corrected chi connectivity index (χ1v) is 4.34. The van der Waals surface area contributed by atoms with E-state index in [2.05, 4.69) is 15.9 Å². The average Bonchev–Trinajstić information content (AvgIpc) is 2.03. The van der Waals surface area contributed by atoms with E-state index in [0.29, 0.717) is 6.42 Å². The van der Waals surface area contributed by atoms with E-state index in [9.17, 15) is 10.1 Å². The van der Waals surface area contributed by atoms with Crippen molar-refractivity contribution in [1.82, 2.24) is 0 Å². The molecule has 0 aliphatic heterocycles. The van der Waals surface area contributed by atoms with Gasteiger partial charge in [0.15, 0.2) is 0 Å². The number of nitrogens with zero attached hydrogens (tertiary/aromatic N) is 1. The molecule has 0 saturated carbocycles. The molecule has 0 radical (unpaired) electrons. The Morgan fingerprint density at radius 2 is 2.08 bits per heavy atom. The summed E-state index contributed by atoms with van der Waals surface area (Å²) in [7, 11) is 0. The van der Waals surface area contributed by atoms with Crippen molar-refractivity contribution in [2.75, 3.05) is 6.54 Å². The van der Waals surface area contributed by atoms with Crippen LogP contribution in [0.2, 0.25) is 0 Å². The highest BCUT2D eigenvalue weighted by Crippen LogP contribution is 2.15. The Kier molecular flexibility index (Phi) is 3.22. The largest absolute Gasteiger partial charge is 0.265 e. The third-order valence-electron chi connectivity index (χ3n) is 1.52. The Labute approximate surface area is 78.7 Å². The highest BCUT2D eigenvalue weighted by Gasteiger charge is 2.02. The van der Waals surface area contributed by atoms with Crippen molar-refractivity contribution < 1.29 is 4.92 Å². The average molecular weight is 230 g/mol. The van der Waals surface area contributed by atoms with Crippen LogP contribution < -0.4 is 0 Å². The molecule has 0 N–H and O–H groups in total. The first-order chi connectivity index (χ1) is 5.70. The third-order valence-corrected chi connectivity index (χ3v) is 2.30. The van der Waals surface area contributed by atoms with E-state index in [1.54, 1.807) is 0 Å². The van der Waals surface area contributed by atoms with E-state index in [0.717, 1.165) is 10.0 Å². The summed E-state index contributed by atoms with van der Waals surface area (Å²) in [6, 6.07) is 7.53. The van der Waals surface area contributed by atoms with E-state index in [1.165, 1.54) is 0 Å². The minimum absolute atomic E-state index is 0.0113. The van der Waals surface area contributed by atoms with Gasteiger partial charge in [-0.1, -0.05) is 34.1 Å². The van der Waals surface area contributed by atoms with Gasteiger partial charge in [0.1, 0.15) is 0 Å². The standard InChI is InChI=1S/C8H8BrNO2/c9-8-4-2-1-3-7(8)5-6-10(11)12/h1-4H,5-6H2. The van der Waals surface area contributed by atoms with Crippen molar-refractivity contribution in [3.8, 4) is 0 Å². The zero-order valence-electron chi connectivity index (χ0n) is 6.37. The van der Waals surface area contributed by atoms with Crippen LogP contribution in [0.15, 0.2) is 28.7 Å². The zero-order valence-corrected chi connectivity index (χ0v) is 7.95. The maximum atomic E-state index is 10.1. The molecule has 0 bridgehead atoms. The summed E-state index contributed by atoms with van der Waals surface area (Å²) < 4.78 is 0.937. The Balaban J connectivity index is 2.63. The molecule has 0 aromatic heterocycles. The van der Waals surface area contributed by atoms with Gasteiger partial charge >= 0.3 is 0 Å². The summed E-state index contributed by atoms with van der Waals surface area (Å²) >= 11 is 3.32. The molecule has 4 heteroatoms. The summed E-state index contributed by atoms with van der Waals surface area (Å²) in [6.45, 7) is -0.0113. The lowest BCUT2D eigenvalue weighted by Crippen LogP contribution is -2.04. The molecule has 0 fully saturated rings. The van der Waals surface area contributed by atoms with Crippen LogP contribution in [0.4, 0.5) is 0 Å². The van der Waals surface area contributed by atoms with E-state index in [1.807, 2.05) is 24.3 Å². The topological polar surface area (TPSA) is 43.1 Å². The number of rotatable bonds is 3. The summed E-state index contributed by atoms with van der Waals surface area (Å²) in [5.41, 5.74) is 0.981. The number of hydrogen-bond donors (Lipinski definition) is 0. The second kappa shape index (κ2) is 4.21. The molecule has 0 atom stereocenters. The lowest BCUT2D eigenvalue weighted by atomic mass is 10.2. The molecule has 1 aromatic rings. The maximum Gasteiger partial charge on any atom is 0.207 e. The van der Waals surface area contributed by atoms with E-state index >= 15 is 0 Å². The van der Waals surface area contributed by atoms with Gasteiger partial charge in [0, 0.05) is 15.8 Å². The van der Waals surface area contributed by atoms with Crippen molar-refractivity contribution >= 4 is 15.9 Å². The lowest BCUT2D eigenvalue weighted by molar-refractivity contribution is -0.479. The van der Waals surface area contributed by atoms with Crippen LogP contribution in [0.5, 0.6) is 0 Å². The van der Waals surface area contributed by atoms with Crippen LogP contribution in [0.3, 0.4) is 0 Å². The molecular formula is C8H8BrNO2. The van der Waals surface area contributed by atoms with Crippen LogP contribution in [-0.4, -0.2) is 11.5 Å². The van der Waals surface area contributed by atoms with Crippen molar-refractivity contribution in [3.05, 3.63) is 44.4 Å². The Hall–Kier alpha value is -0.900. The first kappa shape index (κ1) is 9.19. The molecule has 0 heterocycles. The molecule has 0 aliphatic rings. The summed E-state index contributed by atoms with van der Waals surface area (Å²) in [5.74, 6) is 0. The molecule has 12 heavy (non-hydrogen) atoms. The monoisotopic (exact) mass is 229 g/mol. The second-order valence-electron chi connectivity index (χ2n) is 2.40. The molecule has 0 amide bonds. The highest BCUT2D eigenvalue weighted by molar-refractivity contribution is 9.10. The van der Waals surface area contributed by atoms with E-state index < -0.39 is 0 Å². The van der Waals surface area contributed by atoms with Crippen molar-refractivity contribution in [1.29, 1.82) is 0 Å². The molecule has 0 aliphatic carbocycles. The molecule has 3 nitrogen and oxygen atoms in total. The number of hydrogen-bond acceptors (Lipinski definition) is 2. The molecular weight excluding hydrogens is 222 g/mol. The molecule has 0 spiro atoms.